The average molecular weight is 236 g/mol. The van der Waals surface area contributed by atoms with Crippen LogP contribution >= 0.6 is 0 Å². The van der Waals surface area contributed by atoms with Crippen LogP contribution < -0.4 is 5.32 Å². The molecule has 0 spiro atoms. The molecule has 4 heteroatoms. The number of anilines is 1. The van der Waals surface area contributed by atoms with Crippen LogP contribution in [-0.4, -0.2) is 21.7 Å². The van der Waals surface area contributed by atoms with Crippen LogP contribution in [0.25, 0.3) is 0 Å². The summed E-state index contributed by atoms with van der Waals surface area (Å²) < 4.78 is 0. The standard InChI is InChI=1S/C13H24N4/c1-5-11-12(6-2)16-17-13(15-11)14-9-7-8-10(3)4/h10H,5-9H2,1-4H3,(H,14,15,17). The third-order valence-corrected chi connectivity index (χ3v) is 2.75. The van der Waals surface area contributed by atoms with E-state index in [1.165, 1.54) is 6.42 Å². The van der Waals surface area contributed by atoms with Gasteiger partial charge in [0.25, 0.3) is 0 Å². The second kappa shape index (κ2) is 7.20. The predicted octanol–water partition coefficient (Wildman–Crippen LogP) is 2.84. The molecule has 0 aliphatic heterocycles. The zero-order valence-electron chi connectivity index (χ0n) is 11.5. The first-order chi connectivity index (χ1) is 8.17. The quantitative estimate of drug-likeness (QED) is 0.740. The number of rotatable bonds is 7. The van der Waals surface area contributed by atoms with Crippen molar-refractivity contribution in [2.75, 3.05) is 11.9 Å². The number of hydrogen-bond acceptors (Lipinski definition) is 4. The van der Waals surface area contributed by atoms with Crippen molar-refractivity contribution in [1.29, 1.82) is 0 Å². The molecule has 1 rings (SSSR count). The summed E-state index contributed by atoms with van der Waals surface area (Å²) in [5.74, 6) is 1.42. The smallest absolute Gasteiger partial charge is 0.242 e. The van der Waals surface area contributed by atoms with Gasteiger partial charge in [0.1, 0.15) is 0 Å². The van der Waals surface area contributed by atoms with Crippen molar-refractivity contribution in [3.8, 4) is 0 Å². The second-order valence-corrected chi connectivity index (χ2v) is 4.70. The van der Waals surface area contributed by atoms with Crippen LogP contribution in [0.4, 0.5) is 5.95 Å². The van der Waals surface area contributed by atoms with Crippen molar-refractivity contribution in [3.63, 3.8) is 0 Å². The largest absolute Gasteiger partial charge is 0.353 e. The highest BCUT2D eigenvalue weighted by atomic mass is 15.2. The summed E-state index contributed by atoms with van der Waals surface area (Å²) in [7, 11) is 0. The van der Waals surface area contributed by atoms with Gasteiger partial charge in [0.15, 0.2) is 0 Å². The fraction of sp³-hybridized carbons (Fsp3) is 0.769. The van der Waals surface area contributed by atoms with E-state index in [1.807, 2.05) is 0 Å². The third kappa shape index (κ3) is 4.67. The number of aryl methyl sites for hydroxylation is 2. The molecule has 0 saturated carbocycles. The molecule has 1 heterocycles. The zero-order valence-corrected chi connectivity index (χ0v) is 11.5. The van der Waals surface area contributed by atoms with Crippen LogP contribution in [0.15, 0.2) is 0 Å². The lowest BCUT2D eigenvalue weighted by molar-refractivity contribution is 0.566. The molecule has 0 bridgehead atoms. The molecule has 0 aliphatic rings. The minimum atomic E-state index is 0.669. The highest BCUT2D eigenvalue weighted by Gasteiger charge is 2.05. The molecule has 0 aromatic carbocycles. The van der Waals surface area contributed by atoms with Crippen molar-refractivity contribution < 1.29 is 0 Å². The summed E-state index contributed by atoms with van der Waals surface area (Å²) in [5.41, 5.74) is 2.08. The van der Waals surface area contributed by atoms with Crippen molar-refractivity contribution in [3.05, 3.63) is 11.4 Å². The van der Waals surface area contributed by atoms with Gasteiger partial charge in [0, 0.05) is 6.54 Å². The van der Waals surface area contributed by atoms with Crippen LogP contribution in [0.3, 0.4) is 0 Å². The molecule has 1 aromatic rings. The van der Waals surface area contributed by atoms with Gasteiger partial charge in [-0.3, -0.25) is 0 Å². The van der Waals surface area contributed by atoms with Gasteiger partial charge in [-0.1, -0.05) is 27.7 Å². The lowest BCUT2D eigenvalue weighted by atomic mass is 10.1. The Labute approximate surface area is 104 Å². The topological polar surface area (TPSA) is 50.7 Å². The molecule has 0 aliphatic carbocycles. The number of hydrogen-bond donors (Lipinski definition) is 1. The molecule has 0 radical (unpaired) electrons. The lowest BCUT2D eigenvalue weighted by Crippen LogP contribution is -2.11. The summed E-state index contributed by atoms with van der Waals surface area (Å²) >= 11 is 0. The van der Waals surface area contributed by atoms with Gasteiger partial charge in [0.05, 0.1) is 11.4 Å². The first kappa shape index (κ1) is 13.9. The number of nitrogens with one attached hydrogen (secondary N) is 1. The lowest BCUT2D eigenvalue weighted by Gasteiger charge is -2.08. The minimum Gasteiger partial charge on any atom is -0.353 e. The summed E-state index contributed by atoms with van der Waals surface area (Å²) in [6.07, 6.45) is 4.20. The van der Waals surface area contributed by atoms with E-state index in [2.05, 4.69) is 48.2 Å². The summed E-state index contributed by atoms with van der Waals surface area (Å²) in [6.45, 7) is 9.59. The van der Waals surface area contributed by atoms with Crippen LogP contribution in [0.1, 0.15) is 51.9 Å². The van der Waals surface area contributed by atoms with Gasteiger partial charge in [-0.15, -0.1) is 5.10 Å². The molecule has 17 heavy (non-hydrogen) atoms. The highest BCUT2D eigenvalue weighted by molar-refractivity contribution is 5.25. The summed E-state index contributed by atoms with van der Waals surface area (Å²) in [5, 5.41) is 11.6. The van der Waals surface area contributed by atoms with Crippen molar-refractivity contribution in [1.82, 2.24) is 15.2 Å². The molecule has 96 valence electrons. The minimum absolute atomic E-state index is 0.669. The normalized spacial score (nSPS) is 10.9. The van der Waals surface area contributed by atoms with E-state index in [1.54, 1.807) is 0 Å². The Kier molecular flexibility index (Phi) is 5.87. The molecule has 1 aromatic heterocycles. The van der Waals surface area contributed by atoms with Crippen molar-refractivity contribution in [2.45, 2.75) is 53.4 Å². The molecule has 4 nitrogen and oxygen atoms in total. The van der Waals surface area contributed by atoms with Gasteiger partial charge in [-0.25, -0.2) is 4.98 Å². The van der Waals surface area contributed by atoms with Gasteiger partial charge < -0.3 is 5.32 Å². The maximum absolute atomic E-state index is 4.49. The van der Waals surface area contributed by atoms with Gasteiger partial charge in [-0.2, -0.15) is 5.10 Å². The Balaban J connectivity index is 2.48. The van der Waals surface area contributed by atoms with Crippen LogP contribution in [0, 0.1) is 5.92 Å². The van der Waals surface area contributed by atoms with E-state index >= 15 is 0 Å². The first-order valence-corrected chi connectivity index (χ1v) is 6.63. The maximum Gasteiger partial charge on any atom is 0.242 e. The predicted molar refractivity (Wildman–Crippen MR) is 71.1 cm³/mol. The molecule has 0 atom stereocenters. The van der Waals surface area contributed by atoms with E-state index in [0.29, 0.717) is 5.95 Å². The summed E-state index contributed by atoms with van der Waals surface area (Å²) in [4.78, 5) is 4.49. The van der Waals surface area contributed by atoms with E-state index in [-0.39, 0.29) is 0 Å². The van der Waals surface area contributed by atoms with Gasteiger partial charge >= 0.3 is 0 Å². The zero-order chi connectivity index (χ0) is 12.7. The molecular weight excluding hydrogens is 212 g/mol. The van der Waals surface area contributed by atoms with E-state index in [4.69, 9.17) is 0 Å². The van der Waals surface area contributed by atoms with E-state index in [9.17, 15) is 0 Å². The third-order valence-electron chi connectivity index (χ3n) is 2.75. The Hall–Kier alpha value is -1.19. The molecule has 0 saturated heterocycles. The average Bonchev–Trinajstić information content (AvgIpc) is 2.34. The number of aromatic nitrogens is 3. The Morgan fingerprint density at radius 2 is 1.76 bits per heavy atom. The van der Waals surface area contributed by atoms with Gasteiger partial charge in [0.2, 0.25) is 5.95 Å². The number of nitrogens with zero attached hydrogens (tertiary/aromatic N) is 3. The van der Waals surface area contributed by atoms with Crippen molar-refractivity contribution in [2.24, 2.45) is 5.92 Å². The Bertz CT molecular complexity index is 336. The fourth-order valence-electron chi connectivity index (χ4n) is 1.72. The van der Waals surface area contributed by atoms with Gasteiger partial charge in [-0.05, 0) is 31.6 Å². The first-order valence-electron chi connectivity index (χ1n) is 6.63. The second-order valence-electron chi connectivity index (χ2n) is 4.70. The fourth-order valence-corrected chi connectivity index (χ4v) is 1.72. The molecule has 1 N–H and O–H groups in total. The van der Waals surface area contributed by atoms with Crippen LogP contribution in [0.2, 0.25) is 0 Å². The molecule has 0 amide bonds. The van der Waals surface area contributed by atoms with Crippen LogP contribution in [0.5, 0.6) is 0 Å². The molecule has 0 unspecified atom stereocenters. The molecule has 0 fully saturated rings. The summed E-state index contributed by atoms with van der Waals surface area (Å²) in [6, 6.07) is 0. The maximum atomic E-state index is 4.49. The van der Waals surface area contributed by atoms with E-state index in [0.717, 1.165) is 43.1 Å². The molecular formula is C13H24N4. The van der Waals surface area contributed by atoms with E-state index < -0.39 is 0 Å². The Morgan fingerprint density at radius 1 is 1.06 bits per heavy atom. The van der Waals surface area contributed by atoms with Crippen LogP contribution in [-0.2, 0) is 12.8 Å². The highest BCUT2D eigenvalue weighted by Crippen LogP contribution is 2.08. The van der Waals surface area contributed by atoms with Crippen molar-refractivity contribution >= 4 is 5.95 Å². The SMILES string of the molecule is CCc1nnc(NCCCC(C)C)nc1CC. The Morgan fingerprint density at radius 3 is 2.35 bits per heavy atom. The monoisotopic (exact) mass is 236 g/mol.